The highest BCUT2D eigenvalue weighted by Crippen LogP contribution is 2.19. The Bertz CT molecular complexity index is 799. The van der Waals surface area contributed by atoms with Gasteiger partial charge in [0.2, 0.25) is 5.91 Å². The number of hydrogen-bond donors (Lipinski definition) is 0. The van der Waals surface area contributed by atoms with Crippen molar-refractivity contribution in [2.24, 2.45) is 0 Å². The molecule has 0 N–H and O–H groups in total. The summed E-state index contributed by atoms with van der Waals surface area (Å²) in [5, 5.41) is 0. The van der Waals surface area contributed by atoms with Gasteiger partial charge in [-0.05, 0) is 30.7 Å². The van der Waals surface area contributed by atoms with E-state index in [0.717, 1.165) is 17.0 Å². The lowest BCUT2D eigenvalue weighted by Gasteiger charge is -2.27. The topological polar surface area (TPSA) is 59.7 Å². The maximum Gasteiger partial charge on any atom is 0.223 e. The molecular formula is C19H22N4O2. The van der Waals surface area contributed by atoms with Crippen LogP contribution in [0.15, 0.2) is 55.0 Å². The van der Waals surface area contributed by atoms with Gasteiger partial charge in [0.15, 0.2) is 0 Å². The number of rotatable bonds is 7. The summed E-state index contributed by atoms with van der Waals surface area (Å²) in [5.74, 6) is 0.0461. The van der Waals surface area contributed by atoms with Crippen LogP contribution in [-0.2, 0) is 16.0 Å². The summed E-state index contributed by atoms with van der Waals surface area (Å²) >= 11 is 0. The summed E-state index contributed by atoms with van der Waals surface area (Å²) < 4.78 is 7.25. The number of aryl methyl sites for hydroxylation is 1. The molecule has 0 fully saturated rings. The zero-order valence-corrected chi connectivity index (χ0v) is 14.5. The third-order valence-electron chi connectivity index (χ3n) is 4.22. The smallest absolute Gasteiger partial charge is 0.223 e. The van der Waals surface area contributed by atoms with E-state index in [1.54, 1.807) is 25.3 Å². The van der Waals surface area contributed by atoms with Gasteiger partial charge in [-0.15, -0.1) is 0 Å². The molecule has 0 saturated carbocycles. The third kappa shape index (κ3) is 4.03. The Kier molecular flexibility index (Phi) is 5.40. The van der Waals surface area contributed by atoms with Crippen LogP contribution in [0.25, 0.3) is 5.65 Å². The van der Waals surface area contributed by atoms with E-state index < -0.39 is 0 Å². The molecule has 25 heavy (non-hydrogen) atoms. The van der Waals surface area contributed by atoms with Gasteiger partial charge in [-0.2, -0.15) is 0 Å². The molecule has 3 rings (SSSR count). The molecule has 0 aliphatic rings. The van der Waals surface area contributed by atoms with Crippen molar-refractivity contribution in [3.63, 3.8) is 0 Å². The highest BCUT2D eigenvalue weighted by Gasteiger charge is 2.22. The van der Waals surface area contributed by atoms with E-state index in [0.29, 0.717) is 19.4 Å². The first kappa shape index (κ1) is 17.1. The molecule has 0 aliphatic carbocycles. The third-order valence-corrected chi connectivity index (χ3v) is 4.22. The molecule has 0 aromatic carbocycles. The van der Waals surface area contributed by atoms with Crippen molar-refractivity contribution in [3.8, 4) is 0 Å². The maximum absolute atomic E-state index is 12.6. The summed E-state index contributed by atoms with van der Waals surface area (Å²) in [6.07, 6.45) is 6.65. The summed E-state index contributed by atoms with van der Waals surface area (Å²) in [6, 6.07) is 11.4. The molecule has 0 aliphatic heterocycles. The standard InChI is InChI=1S/C19H22N4O2/c1-22(17(14-25-2)16-7-3-5-11-20-16)19(24)10-9-15-13-23-12-6-4-8-18(23)21-15/h3-8,11-13,17H,9-10,14H2,1-2H3/t17-/m1/s1. The Morgan fingerprint density at radius 2 is 2.12 bits per heavy atom. The van der Waals surface area contributed by atoms with E-state index in [1.807, 2.05) is 53.2 Å². The Morgan fingerprint density at radius 1 is 1.28 bits per heavy atom. The lowest BCUT2D eigenvalue weighted by Crippen LogP contribution is -2.34. The fourth-order valence-electron chi connectivity index (χ4n) is 2.82. The number of amides is 1. The molecule has 0 saturated heterocycles. The van der Waals surface area contributed by atoms with Gasteiger partial charge < -0.3 is 14.0 Å². The van der Waals surface area contributed by atoms with Gasteiger partial charge in [0.1, 0.15) is 5.65 Å². The highest BCUT2D eigenvalue weighted by molar-refractivity contribution is 5.76. The molecule has 6 nitrogen and oxygen atoms in total. The van der Waals surface area contributed by atoms with Gasteiger partial charge >= 0.3 is 0 Å². The molecule has 0 bridgehead atoms. The lowest BCUT2D eigenvalue weighted by molar-refractivity contribution is -0.133. The van der Waals surface area contributed by atoms with Gasteiger partial charge in [-0.25, -0.2) is 4.98 Å². The molecule has 1 atom stereocenters. The zero-order valence-electron chi connectivity index (χ0n) is 14.5. The van der Waals surface area contributed by atoms with Gasteiger partial charge in [-0.1, -0.05) is 12.1 Å². The number of carbonyl (C=O) groups excluding carboxylic acids is 1. The molecule has 0 unspecified atom stereocenters. The van der Waals surface area contributed by atoms with E-state index in [1.165, 1.54) is 0 Å². The lowest BCUT2D eigenvalue weighted by atomic mass is 10.1. The van der Waals surface area contributed by atoms with Crippen LogP contribution in [0, 0.1) is 0 Å². The number of hydrogen-bond acceptors (Lipinski definition) is 4. The predicted octanol–water partition coefficient (Wildman–Crippen LogP) is 2.51. The predicted molar refractivity (Wildman–Crippen MR) is 95.1 cm³/mol. The van der Waals surface area contributed by atoms with Crippen LogP contribution in [-0.4, -0.2) is 45.9 Å². The number of nitrogens with zero attached hydrogens (tertiary/aromatic N) is 4. The monoisotopic (exact) mass is 338 g/mol. The van der Waals surface area contributed by atoms with Crippen molar-refractivity contribution in [2.45, 2.75) is 18.9 Å². The quantitative estimate of drug-likeness (QED) is 0.664. The minimum Gasteiger partial charge on any atom is -0.382 e. The average Bonchev–Trinajstić information content (AvgIpc) is 3.07. The summed E-state index contributed by atoms with van der Waals surface area (Å²) in [6.45, 7) is 0.410. The Labute approximate surface area is 147 Å². The SMILES string of the molecule is COC[C@H](c1ccccn1)N(C)C(=O)CCc1cn2ccccc2n1. The summed E-state index contributed by atoms with van der Waals surface area (Å²) in [4.78, 5) is 23.2. The summed E-state index contributed by atoms with van der Waals surface area (Å²) in [5.41, 5.74) is 2.63. The fraction of sp³-hybridized carbons (Fsp3) is 0.316. The second kappa shape index (κ2) is 7.90. The first-order valence-corrected chi connectivity index (χ1v) is 8.27. The molecule has 0 radical (unpaired) electrons. The van der Waals surface area contributed by atoms with Gasteiger partial charge in [0, 0.05) is 39.2 Å². The second-order valence-corrected chi connectivity index (χ2v) is 5.93. The van der Waals surface area contributed by atoms with Crippen molar-refractivity contribution < 1.29 is 9.53 Å². The van der Waals surface area contributed by atoms with E-state index >= 15 is 0 Å². The van der Waals surface area contributed by atoms with Crippen molar-refractivity contribution in [3.05, 3.63) is 66.4 Å². The van der Waals surface area contributed by atoms with E-state index in [4.69, 9.17) is 4.74 Å². The van der Waals surface area contributed by atoms with E-state index in [-0.39, 0.29) is 11.9 Å². The van der Waals surface area contributed by atoms with Crippen LogP contribution in [0.2, 0.25) is 0 Å². The van der Waals surface area contributed by atoms with Crippen LogP contribution in [0.4, 0.5) is 0 Å². The minimum absolute atomic E-state index is 0.0461. The minimum atomic E-state index is -0.195. The van der Waals surface area contributed by atoms with Crippen LogP contribution in [0.5, 0.6) is 0 Å². The highest BCUT2D eigenvalue weighted by atomic mass is 16.5. The van der Waals surface area contributed by atoms with Gasteiger partial charge in [0.05, 0.1) is 24.0 Å². The fourth-order valence-corrected chi connectivity index (χ4v) is 2.82. The molecule has 1 amide bonds. The Hall–Kier alpha value is -2.73. The van der Waals surface area contributed by atoms with Gasteiger partial charge in [-0.3, -0.25) is 9.78 Å². The van der Waals surface area contributed by atoms with Crippen LogP contribution < -0.4 is 0 Å². The number of likely N-dealkylation sites (N-methyl/N-ethyl adjacent to an activating group) is 1. The number of fused-ring (bicyclic) bond motifs is 1. The molecule has 3 aromatic heterocycles. The normalized spacial score (nSPS) is 12.2. The number of ether oxygens (including phenoxy) is 1. The zero-order chi connectivity index (χ0) is 17.6. The second-order valence-electron chi connectivity index (χ2n) is 5.93. The number of aromatic nitrogens is 3. The molecule has 0 spiro atoms. The number of methoxy groups -OCH3 is 1. The average molecular weight is 338 g/mol. The van der Waals surface area contributed by atoms with Crippen molar-refractivity contribution in [2.75, 3.05) is 20.8 Å². The molecule has 6 heteroatoms. The van der Waals surface area contributed by atoms with Crippen molar-refractivity contribution >= 4 is 11.6 Å². The molecular weight excluding hydrogens is 316 g/mol. The van der Waals surface area contributed by atoms with Crippen molar-refractivity contribution in [1.29, 1.82) is 0 Å². The van der Waals surface area contributed by atoms with E-state index in [2.05, 4.69) is 9.97 Å². The Balaban J connectivity index is 1.66. The molecule has 3 heterocycles. The molecule has 3 aromatic rings. The van der Waals surface area contributed by atoms with Crippen LogP contribution in [0.3, 0.4) is 0 Å². The van der Waals surface area contributed by atoms with Crippen LogP contribution >= 0.6 is 0 Å². The first-order valence-electron chi connectivity index (χ1n) is 8.27. The molecule has 130 valence electrons. The Morgan fingerprint density at radius 3 is 2.84 bits per heavy atom. The number of pyridine rings is 2. The van der Waals surface area contributed by atoms with Crippen LogP contribution in [0.1, 0.15) is 23.9 Å². The largest absolute Gasteiger partial charge is 0.382 e. The maximum atomic E-state index is 12.6. The summed E-state index contributed by atoms with van der Waals surface area (Å²) in [7, 11) is 3.43. The first-order chi connectivity index (χ1) is 12.2. The van der Waals surface area contributed by atoms with Crippen molar-refractivity contribution in [1.82, 2.24) is 19.3 Å². The van der Waals surface area contributed by atoms with Gasteiger partial charge in [0.25, 0.3) is 0 Å². The number of carbonyl (C=O) groups is 1. The number of imidazole rings is 1. The van der Waals surface area contributed by atoms with E-state index in [9.17, 15) is 4.79 Å².